The first-order chi connectivity index (χ1) is 9.38. The lowest BCUT2D eigenvalue weighted by Gasteiger charge is -2.22. The van der Waals surface area contributed by atoms with Crippen LogP contribution >= 0.6 is 11.3 Å². The minimum atomic E-state index is 0.295. The fraction of sp³-hybridized carbons (Fsp3) is 0.375. The maximum Gasteiger partial charge on any atom is 0.122 e. The number of hydrogen-bond donors (Lipinski definition) is 1. The molecule has 3 heteroatoms. The molecule has 0 spiro atoms. The minimum absolute atomic E-state index is 0.295. The molecule has 0 saturated heterocycles. The van der Waals surface area contributed by atoms with Crippen LogP contribution in [0.25, 0.3) is 0 Å². The second-order valence-corrected chi connectivity index (χ2v) is 5.65. The summed E-state index contributed by atoms with van der Waals surface area (Å²) in [5, 5.41) is 7.94. The SMILES string of the molecule is CCNC(c1ccsc1)c1ccc2c(c1)CCCO2. The van der Waals surface area contributed by atoms with Gasteiger partial charge in [-0.25, -0.2) is 0 Å². The molecule has 1 aliphatic rings. The Balaban J connectivity index is 1.94. The van der Waals surface area contributed by atoms with Gasteiger partial charge in [-0.3, -0.25) is 0 Å². The van der Waals surface area contributed by atoms with Crippen LogP contribution in [0.5, 0.6) is 5.75 Å². The first kappa shape index (κ1) is 12.7. The molecule has 0 radical (unpaired) electrons. The van der Waals surface area contributed by atoms with Crippen molar-refractivity contribution in [1.29, 1.82) is 0 Å². The quantitative estimate of drug-likeness (QED) is 0.915. The van der Waals surface area contributed by atoms with E-state index in [0.717, 1.165) is 31.7 Å². The third-order valence-electron chi connectivity index (χ3n) is 3.55. The highest BCUT2D eigenvalue weighted by Crippen LogP contribution is 2.30. The highest BCUT2D eigenvalue weighted by Gasteiger charge is 2.17. The zero-order valence-corrected chi connectivity index (χ0v) is 12.0. The van der Waals surface area contributed by atoms with Gasteiger partial charge in [0.05, 0.1) is 12.6 Å². The van der Waals surface area contributed by atoms with E-state index in [9.17, 15) is 0 Å². The van der Waals surface area contributed by atoms with Crippen molar-refractivity contribution < 1.29 is 4.74 Å². The summed E-state index contributed by atoms with van der Waals surface area (Å²) in [7, 11) is 0. The van der Waals surface area contributed by atoms with E-state index in [1.165, 1.54) is 16.7 Å². The van der Waals surface area contributed by atoms with Gasteiger partial charge in [-0.15, -0.1) is 0 Å². The maximum absolute atomic E-state index is 5.69. The van der Waals surface area contributed by atoms with Gasteiger partial charge in [-0.1, -0.05) is 19.1 Å². The minimum Gasteiger partial charge on any atom is -0.493 e. The number of ether oxygens (including phenoxy) is 1. The van der Waals surface area contributed by atoms with Crippen LogP contribution in [0.3, 0.4) is 0 Å². The molecule has 0 fully saturated rings. The summed E-state index contributed by atoms with van der Waals surface area (Å²) in [4.78, 5) is 0. The van der Waals surface area contributed by atoms with E-state index in [1.807, 2.05) is 0 Å². The summed E-state index contributed by atoms with van der Waals surface area (Å²) in [6.07, 6.45) is 2.26. The number of fused-ring (bicyclic) bond motifs is 1. The normalized spacial score (nSPS) is 15.6. The first-order valence-electron chi connectivity index (χ1n) is 6.89. The number of aryl methyl sites for hydroxylation is 1. The summed E-state index contributed by atoms with van der Waals surface area (Å²) in [6, 6.07) is 9.12. The third kappa shape index (κ3) is 2.67. The van der Waals surface area contributed by atoms with E-state index in [0.29, 0.717) is 6.04 Å². The van der Waals surface area contributed by atoms with Crippen LogP contribution in [-0.4, -0.2) is 13.2 Å². The maximum atomic E-state index is 5.69. The molecule has 100 valence electrons. The Morgan fingerprint density at radius 2 is 2.26 bits per heavy atom. The zero-order valence-electron chi connectivity index (χ0n) is 11.2. The van der Waals surface area contributed by atoms with Crippen LogP contribution in [0.4, 0.5) is 0 Å². The molecule has 0 aliphatic carbocycles. The van der Waals surface area contributed by atoms with Crippen LogP contribution in [0.15, 0.2) is 35.0 Å². The second-order valence-electron chi connectivity index (χ2n) is 4.87. The van der Waals surface area contributed by atoms with Gasteiger partial charge < -0.3 is 10.1 Å². The molecule has 19 heavy (non-hydrogen) atoms. The molecule has 0 bridgehead atoms. The molecule has 1 aromatic carbocycles. The van der Waals surface area contributed by atoms with Crippen molar-refractivity contribution in [3.63, 3.8) is 0 Å². The highest BCUT2D eigenvalue weighted by atomic mass is 32.1. The summed E-state index contributed by atoms with van der Waals surface area (Å²) >= 11 is 1.75. The molecule has 3 rings (SSSR count). The van der Waals surface area contributed by atoms with Crippen LogP contribution < -0.4 is 10.1 Å². The molecular weight excluding hydrogens is 254 g/mol. The van der Waals surface area contributed by atoms with Gasteiger partial charge in [0.1, 0.15) is 5.75 Å². The highest BCUT2D eigenvalue weighted by molar-refractivity contribution is 7.08. The fourth-order valence-corrected chi connectivity index (χ4v) is 3.32. The van der Waals surface area contributed by atoms with Crippen molar-refractivity contribution in [3.8, 4) is 5.75 Å². The van der Waals surface area contributed by atoms with Gasteiger partial charge >= 0.3 is 0 Å². The third-order valence-corrected chi connectivity index (χ3v) is 4.25. The Morgan fingerprint density at radius 1 is 1.32 bits per heavy atom. The Labute approximate surface area is 118 Å². The second kappa shape index (κ2) is 5.76. The Morgan fingerprint density at radius 3 is 3.05 bits per heavy atom. The van der Waals surface area contributed by atoms with E-state index in [2.05, 4.69) is 47.3 Å². The van der Waals surface area contributed by atoms with Crippen molar-refractivity contribution in [2.75, 3.05) is 13.2 Å². The molecule has 1 aliphatic heterocycles. The van der Waals surface area contributed by atoms with Crippen LogP contribution in [0, 0.1) is 0 Å². The average molecular weight is 273 g/mol. The lowest BCUT2D eigenvalue weighted by molar-refractivity contribution is 0.288. The molecular formula is C16H19NOS. The Bertz CT molecular complexity index is 536. The van der Waals surface area contributed by atoms with Crippen LogP contribution in [0.2, 0.25) is 0 Å². The van der Waals surface area contributed by atoms with Crippen molar-refractivity contribution in [2.24, 2.45) is 0 Å². The van der Waals surface area contributed by atoms with E-state index < -0.39 is 0 Å². The van der Waals surface area contributed by atoms with Gasteiger partial charge in [0.15, 0.2) is 0 Å². The fourth-order valence-electron chi connectivity index (χ4n) is 2.63. The summed E-state index contributed by atoms with van der Waals surface area (Å²) in [6.45, 7) is 3.97. The number of hydrogen-bond acceptors (Lipinski definition) is 3. The first-order valence-corrected chi connectivity index (χ1v) is 7.84. The monoisotopic (exact) mass is 273 g/mol. The summed E-state index contributed by atoms with van der Waals surface area (Å²) in [5.41, 5.74) is 4.04. The number of nitrogens with one attached hydrogen (secondary N) is 1. The van der Waals surface area contributed by atoms with E-state index in [4.69, 9.17) is 4.74 Å². The van der Waals surface area contributed by atoms with E-state index >= 15 is 0 Å². The number of thiophene rings is 1. The molecule has 0 saturated carbocycles. The standard InChI is InChI=1S/C16H19NOS/c1-2-17-16(14-7-9-19-11-14)13-5-6-15-12(10-13)4-3-8-18-15/h5-7,9-11,16-17H,2-4,8H2,1H3. The molecule has 1 aromatic heterocycles. The topological polar surface area (TPSA) is 21.3 Å². The Kier molecular flexibility index (Phi) is 3.85. The molecule has 1 unspecified atom stereocenters. The molecule has 2 nitrogen and oxygen atoms in total. The lowest BCUT2D eigenvalue weighted by Crippen LogP contribution is -2.22. The summed E-state index contributed by atoms with van der Waals surface area (Å²) < 4.78 is 5.69. The van der Waals surface area contributed by atoms with Crippen molar-refractivity contribution in [3.05, 3.63) is 51.7 Å². The Hall–Kier alpha value is -1.32. The largest absolute Gasteiger partial charge is 0.493 e. The van der Waals surface area contributed by atoms with Crippen molar-refractivity contribution in [1.82, 2.24) is 5.32 Å². The average Bonchev–Trinajstić information content (AvgIpc) is 2.98. The van der Waals surface area contributed by atoms with Crippen molar-refractivity contribution >= 4 is 11.3 Å². The van der Waals surface area contributed by atoms with Crippen LogP contribution in [0.1, 0.15) is 36.1 Å². The molecule has 0 amide bonds. The molecule has 1 atom stereocenters. The summed E-state index contributed by atoms with van der Waals surface area (Å²) in [5.74, 6) is 1.07. The number of benzene rings is 1. The van der Waals surface area contributed by atoms with E-state index in [-0.39, 0.29) is 0 Å². The zero-order chi connectivity index (χ0) is 13.1. The van der Waals surface area contributed by atoms with Gasteiger partial charge in [0.25, 0.3) is 0 Å². The van der Waals surface area contributed by atoms with Gasteiger partial charge in [-0.05, 0) is 59.0 Å². The van der Waals surface area contributed by atoms with Crippen molar-refractivity contribution in [2.45, 2.75) is 25.8 Å². The van der Waals surface area contributed by atoms with Gasteiger partial charge in [0.2, 0.25) is 0 Å². The predicted octanol–water partition coefficient (Wildman–Crippen LogP) is 3.77. The van der Waals surface area contributed by atoms with Crippen LogP contribution in [-0.2, 0) is 6.42 Å². The van der Waals surface area contributed by atoms with Gasteiger partial charge in [0, 0.05) is 0 Å². The molecule has 2 heterocycles. The smallest absolute Gasteiger partial charge is 0.122 e. The predicted molar refractivity (Wildman–Crippen MR) is 80.1 cm³/mol. The number of rotatable bonds is 4. The van der Waals surface area contributed by atoms with E-state index in [1.54, 1.807) is 11.3 Å². The van der Waals surface area contributed by atoms with Gasteiger partial charge in [-0.2, -0.15) is 11.3 Å². The lowest BCUT2D eigenvalue weighted by atomic mass is 9.96. The molecule has 2 aromatic rings. The molecule has 1 N–H and O–H groups in total.